The molecule has 1 atom stereocenters. The molecule has 0 N–H and O–H groups in total. The molecule has 1 aliphatic heterocycles. The topological polar surface area (TPSA) is 63.9 Å². The Morgan fingerprint density at radius 2 is 2.14 bits per heavy atom. The maximum Gasteiger partial charge on any atom is 0.433 e. The second-order valence-corrected chi connectivity index (χ2v) is 4.98. The number of carbonyl (C=O) groups is 1. The second kappa shape index (κ2) is 5.08. The molecule has 1 amide bonds. The Kier molecular flexibility index (Phi) is 3.34. The molecule has 0 saturated heterocycles. The van der Waals surface area contributed by atoms with Gasteiger partial charge >= 0.3 is 6.18 Å². The first-order valence-corrected chi connectivity index (χ1v) is 6.62. The number of hydrogen-bond acceptors (Lipinski definition) is 4. The smallest absolute Gasteiger partial charge is 0.336 e. The van der Waals surface area contributed by atoms with Crippen molar-refractivity contribution in [3.05, 3.63) is 35.3 Å². The molecule has 1 unspecified atom stereocenters. The largest absolute Gasteiger partial charge is 0.433 e. The Morgan fingerprint density at radius 3 is 2.82 bits per heavy atom. The van der Waals surface area contributed by atoms with E-state index >= 15 is 0 Å². The van der Waals surface area contributed by atoms with E-state index in [4.69, 9.17) is 0 Å². The van der Waals surface area contributed by atoms with Gasteiger partial charge in [-0.3, -0.25) is 4.79 Å². The van der Waals surface area contributed by atoms with E-state index in [1.807, 2.05) is 0 Å². The molecule has 1 aliphatic rings. The van der Waals surface area contributed by atoms with Crippen LogP contribution in [0.2, 0.25) is 0 Å². The summed E-state index contributed by atoms with van der Waals surface area (Å²) in [5.74, 6) is 0.0651. The fraction of sp³-hybridized carbons (Fsp3) is 0.385. The van der Waals surface area contributed by atoms with Gasteiger partial charge in [0.2, 0.25) is 6.41 Å². The summed E-state index contributed by atoms with van der Waals surface area (Å²) < 4.78 is 39.6. The van der Waals surface area contributed by atoms with Crippen LogP contribution in [0.1, 0.15) is 30.0 Å². The molecule has 22 heavy (non-hydrogen) atoms. The average Bonchev–Trinajstić information content (AvgIpc) is 2.92. The fourth-order valence-corrected chi connectivity index (χ4v) is 2.48. The van der Waals surface area contributed by atoms with Gasteiger partial charge in [0.05, 0.1) is 11.7 Å². The number of amides is 1. The number of alkyl halides is 3. The molecule has 2 aromatic heterocycles. The minimum Gasteiger partial charge on any atom is -0.336 e. The number of fused-ring (bicyclic) bond motifs is 1. The second-order valence-electron chi connectivity index (χ2n) is 4.98. The van der Waals surface area contributed by atoms with Crippen molar-refractivity contribution in [3.63, 3.8) is 0 Å². The predicted octanol–water partition coefficient (Wildman–Crippen LogP) is 1.76. The highest BCUT2D eigenvalue weighted by molar-refractivity contribution is 5.49. The Morgan fingerprint density at radius 1 is 1.36 bits per heavy atom. The number of aromatic nitrogens is 4. The van der Waals surface area contributed by atoms with Gasteiger partial charge in [0, 0.05) is 13.0 Å². The molecular weight excluding hydrogens is 299 g/mol. The van der Waals surface area contributed by atoms with Crippen LogP contribution in [0.15, 0.2) is 18.2 Å². The van der Waals surface area contributed by atoms with Crippen LogP contribution >= 0.6 is 0 Å². The molecule has 3 rings (SSSR count). The van der Waals surface area contributed by atoms with Crippen LogP contribution in [0.4, 0.5) is 13.2 Å². The van der Waals surface area contributed by atoms with Crippen LogP contribution in [0.5, 0.6) is 0 Å². The molecule has 2 aromatic rings. The Hall–Kier alpha value is -2.45. The van der Waals surface area contributed by atoms with Crippen LogP contribution in [-0.2, 0) is 17.4 Å². The third-order valence-electron chi connectivity index (χ3n) is 3.67. The summed E-state index contributed by atoms with van der Waals surface area (Å²) in [5, 5.41) is 7.90. The molecule has 9 heteroatoms. The third-order valence-corrected chi connectivity index (χ3v) is 3.67. The maximum absolute atomic E-state index is 12.8. The van der Waals surface area contributed by atoms with E-state index in [0.29, 0.717) is 24.4 Å². The van der Waals surface area contributed by atoms with E-state index in [-0.39, 0.29) is 11.9 Å². The van der Waals surface area contributed by atoms with Crippen LogP contribution in [0.3, 0.4) is 0 Å². The average molecular weight is 311 g/mol. The van der Waals surface area contributed by atoms with Crippen molar-refractivity contribution >= 4 is 6.41 Å². The number of halogens is 3. The van der Waals surface area contributed by atoms with Gasteiger partial charge in [-0.2, -0.15) is 17.9 Å². The first kappa shape index (κ1) is 14.5. The van der Waals surface area contributed by atoms with E-state index in [0.717, 1.165) is 12.5 Å². The fourth-order valence-electron chi connectivity index (χ4n) is 2.48. The van der Waals surface area contributed by atoms with Gasteiger partial charge in [-0.1, -0.05) is 11.3 Å². The lowest BCUT2D eigenvalue weighted by Gasteiger charge is -2.28. The predicted molar refractivity (Wildman–Crippen MR) is 69.0 cm³/mol. The van der Waals surface area contributed by atoms with E-state index in [1.54, 1.807) is 11.8 Å². The number of hydrogen-bond donors (Lipinski definition) is 0. The van der Waals surface area contributed by atoms with Gasteiger partial charge in [0.1, 0.15) is 11.4 Å². The van der Waals surface area contributed by atoms with Crippen molar-refractivity contribution in [2.45, 2.75) is 25.6 Å². The van der Waals surface area contributed by atoms with E-state index in [2.05, 4.69) is 15.3 Å². The van der Waals surface area contributed by atoms with Gasteiger partial charge in [-0.15, -0.1) is 5.10 Å². The van der Waals surface area contributed by atoms with Crippen molar-refractivity contribution in [3.8, 4) is 5.82 Å². The zero-order valence-electron chi connectivity index (χ0n) is 11.6. The molecule has 0 bridgehead atoms. The van der Waals surface area contributed by atoms with Crippen LogP contribution < -0.4 is 0 Å². The lowest BCUT2D eigenvalue weighted by Crippen LogP contribution is -2.33. The lowest BCUT2D eigenvalue weighted by molar-refractivity contribution is -0.141. The van der Waals surface area contributed by atoms with Gasteiger partial charge in [0.25, 0.3) is 0 Å². The molecule has 0 aliphatic carbocycles. The van der Waals surface area contributed by atoms with Gasteiger partial charge in [0.15, 0.2) is 5.82 Å². The zero-order valence-corrected chi connectivity index (χ0v) is 11.6. The molecule has 116 valence electrons. The highest BCUT2D eigenvalue weighted by atomic mass is 19.4. The standard InChI is InChI=1S/C13H12F3N5O/c1-8-12-9(5-6-20(8)7-22)21(19-18-12)11-4-2-3-10(17-11)13(14,15)16/h2-4,7-8H,5-6H2,1H3. The maximum atomic E-state index is 12.8. The zero-order chi connectivity index (χ0) is 15.9. The lowest BCUT2D eigenvalue weighted by atomic mass is 10.1. The van der Waals surface area contributed by atoms with Crippen molar-refractivity contribution in [2.75, 3.05) is 6.54 Å². The first-order valence-electron chi connectivity index (χ1n) is 6.62. The van der Waals surface area contributed by atoms with Crippen LogP contribution in [0, 0.1) is 0 Å². The number of carbonyl (C=O) groups excluding carboxylic acids is 1. The van der Waals surface area contributed by atoms with E-state index < -0.39 is 11.9 Å². The summed E-state index contributed by atoms with van der Waals surface area (Å²) in [5.41, 5.74) is 0.280. The van der Waals surface area contributed by atoms with Crippen molar-refractivity contribution in [1.82, 2.24) is 24.9 Å². The van der Waals surface area contributed by atoms with Gasteiger partial charge in [-0.25, -0.2) is 4.98 Å². The van der Waals surface area contributed by atoms with Crippen LogP contribution in [-0.4, -0.2) is 37.8 Å². The molecule has 0 spiro atoms. The van der Waals surface area contributed by atoms with Gasteiger partial charge in [-0.05, 0) is 19.1 Å². The summed E-state index contributed by atoms with van der Waals surface area (Å²) in [6.07, 6.45) is -3.32. The number of rotatable bonds is 2. The number of pyridine rings is 1. The molecule has 6 nitrogen and oxygen atoms in total. The van der Waals surface area contributed by atoms with E-state index in [1.165, 1.54) is 16.8 Å². The van der Waals surface area contributed by atoms with Crippen molar-refractivity contribution in [1.29, 1.82) is 0 Å². The summed E-state index contributed by atoms with van der Waals surface area (Å²) in [6.45, 7) is 2.26. The van der Waals surface area contributed by atoms with Crippen molar-refractivity contribution < 1.29 is 18.0 Å². The molecule has 3 heterocycles. The Balaban J connectivity index is 2.03. The number of nitrogens with zero attached hydrogens (tertiary/aromatic N) is 5. The summed E-state index contributed by atoms with van der Waals surface area (Å²) >= 11 is 0. The SMILES string of the molecule is CC1c2nnn(-c3cccc(C(F)(F)F)n3)c2CCN1C=O. The normalized spacial score (nSPS) is 18.2. The molecular formula is C13H12F3N5O. The quantitative estimate of drug-likeness (QED) is 0.793. The summed E-state index contributed by atoms with van der Waals surface area (Å²) in [4.78, 5) is 16.1. The highest BCUT2D eigenvalue weighted by Gasteiger charge is 2.33. The summed E-state index contributed by atoms with van der Waals surface area (Å²) in [6, 6.07) is 3.37. The Labute approximate surface area is 123 Å². The molecule has 0 fully saturated rings. The van der Waals surface area contributed by atoms with Gasteiger partial charge < -0.3 is 4.90 Å². The highest BCUT2D eigenvalue weighted by Crippen LogP contribution is 2.30. The van der Waals surface area contributed by atoms with E-state index in [9.17, 15) is 18.0 Å². The molecule has 0 saturated carbocycles. The molecule has 0 aromatic carbocycles. The van der Waals surface area contributed by atoms with Crippen molar-refractivity contribution in [2.24, 2.45) is 0 Å². The first-order chi connectivity index (χ1) is 10.4. The van der Waals surface area contributed by atoms with Crippen LogP contribution in [0.25, 0.3) is 5.82 Å². The molecule has 0 radical (unpaired) electrons. The minimum absolute atomic E-state index is 0.0651. The monoisotopic (exact) mass is 311 g/mol. The third kappa shape index (κ3) is 2.32. The summed E-state index contributed by atoms with van der Waals surface area (Å²) in [7, 11) is 0. The Bertz CT molecular complexity index is 712. The minimum atomic E-state index is -4.52.